The second-order valence-electron chi connectivity index (χ2n) is 2.36. The number of aliphatic hydroxyl groups excluding tert-OH is 1. The summed E-state index contributed by atoms with van der Waals surface area (Å²) in [4.78, 5) is 0. The van der Waals surface area contributed by atoms with Crippen molar-refractivity contribution < 1.29 is 17.7 Å². The fourth-order valence-corrected chi connectivity index (χ4v) is 1.66. The molecular formula is C7H15NaO4S. The maximum absolute atomic E-state index is 10.9. The van der Waals surface area contributed by atoms with Gasteiger partial charge in [-0.15, -0.1) is 6.58 Å². The van der Waals surface area contributed by atoms with Gasteiger partial charge >= 0.3 is 29.6 Å². The van der Waals surface area contributed by atoms with Crippen LogP contribution in [0, 0.1) is 0 Å². The van der Waals surface area contributed by atoms with E-state index in [0.717, 1.165) is 0 Å². The molecule has 0 saturated heterocycles. The fraction of sp³-hybridized carbons (Fsp3) is 0.714. The van der Waals surface area contributed by atoms with E-state index in [4.69, 9.17) is 5.11 Å². The minimum atomic E-state index is -3.58. The Morgan fingerprint density at radius 3 is 2.54 bits per heavy atom. The van der Waals surface area contributed by atoms with Crippen LogP contribution in [0.1, 0.15) is 13.3 Å². The predicted octanol–water partition coefficient (Wildman–Crippen LogP) is -0.359. The zero-order valence-electron chi connectivity index (χ0n) is 7.06. The third kappa shape index (κ3) is 8.93. The maximum atomic E-state index is 10.9. The normalized spacial score (nSPS) is 13.1. The fourth-order valence-electron chi connectivity index (χ4n) is 0.553. The predicted molar refractivity (Wildman–Crippen MR) is 53.4 cm³/mol. The number of aliphatic hydroxyl groups is 1. The molecule has 0 spiro atoms. The average molecular weight is 218 g/mol. The molecule has 0 saturated carbocycles. The second-order valence-corrected chi connectivity index (χ2v) is 4.04. The summed E-state index contributed by atoms with van der Waals surface area (Å²) in [7, 11) is -3.58. The van der Waals surface area contributed by atoms with Gasteiger partial charge < -0.3 is 5.11 Å². The molecule has 4 nitrogen and oxygen atoms in total. The molecule has 0 aromatic carbocycles. The Kier molecular flexibility index (Phi) is 9.83. The second kappa shape index (κ2) is 7.96. The zero-order valence-corrected chi connectivity index (χ0v) is 7.88. The molecular weight excluding hydrogens is 203 g/mol. The molecule has 0 fully saturated rings. The first-order valence-corrected chi connectivity index (χ1v) is 5.25. The monoisotopic (exact) mass is 218 g/mol. The molecule has 0 aliphatic carbocycles. The average Bonchev–Trinajstić information content (AvgIpc) is 2.00. The molecule has 0 amide bonds. The molecule has 1 atom stereocenters. The molecule has 0 aromatic rings. The molecule has 13 heavy (non-hydrogen) atoms. The topological polar surface area (TPSA) is 63.6 Å². The van der Waals surface area contributed by atoms with Gasteiger partial charge in [0.25, 0.3) is 10.1 Å². The molecule has 1 N–H and O–H groups in total. The van der Waals surface area contributed by atoms with E-state index >= 15 is 0 Å². The van der Waals surface area contributed by atoms with Crippen LogP contribution >= 0.6 is 0 Å². The van der Waals surface area contributed by atoms with Gasteiger partial charge in [0.15, 0.2) is 0 Å². The van der Waals surface area contributed by atoms with E-state index in [0.29, 0.717) is 6.42 Å². The first kappa shape index (κ1) is 16.1. The molecule has 0 rings (SSSR count). The van der Waals surface area contributed by atoms with Crippen LogP contribution in [0.5, 0.6) is 0 Å². The van der Waals surface area contributed by atoms with Crippen LogP contribution in [-0.4, -0.2) is 61.5 Å². The Morgan fingerprint density at radius 1 is 1.62 bits per heavy atom. The summed E-state index contributed by atoms with van der Waals surface area (Å²) in [5.74, 6) is -0.350. The number of hydrogen-bond acceptors (Lipinski definition) is 4. The van der Waals surface area contributed by atoms with Crippen molar-refractivity contribution in [1.82, 2.24) is 0 Å². The third-order valence-corrected chi connectivity index (χ3v) is 2.52. The van der Waals surface area contributed by atoms with Crippen molar-refractivity contribution in [2.24, 2.45) is 0 Å². The summed E-state index contributed by atoms with van der Waals surface area (Å²) in [5.41, 5.74) is 0. The van der Waals surface area contributed by atoms with Crippen molar-refractivity contribution in [2.75, 3.05) is 12.4 Å². The van der Waals surface area contributed by atoms with Gasteiger partial charge in [-0.1, -0.05) is 13.0 Å². The van der Waals surface area contributed by atoms with Crippen molar-refractivity contribution in [1.29, 1.82) is 0 Å². The first-order chi connectivity index (χ1) is 5.52. The van der Waals surface area contributed by atoms with E-state index in [1.807, 2.05) is 0 Å². The van der Waals surface area contributed by atoms with Crippen LogP contribution in [0.3, 0.4) is 0 Å². The van der Waals surface area contributed by atoms with Crippen LogP contribution in [0.25, 0.3) is 0 Å². The molecule has 0 aliphatic heterocycles. The summed E-state index contributed by atoms with van der Waals surface area (Å²) >= 11 is 0. The first-order valence-electron chi connectivity index (χ1n) is 3.68. The van der Waals surface area contributed by atoms with Crippen LogP contribution in [0.2, 0.25) is 0 Å². The van der Waals surface area contributed by atoms with E-state index < -0.39 is 16.2 Å². The van der Waals surface area contributed by atoms with Crippen molar-refractivity contribution in [2.45, 2.75) is 19.4 Å². The molecule has 0 aliphatic rings. The van der Waals surface area contributed by atoms with Crippen molar-refractivity contribution in [3.8, 4) is 0 Å². The van der Waals surface area contributed by atoms with Gasteiger partial charge in [0.05, 0.1) is 12.7 Å². The summed E-state index contributed by atoms with van der Waals surface area (Å²) in [6.45, 7) is 4.97. The Bertz CT molecular complexity index is 225. The Labute approximate surface area is 101 Å². The van der Waals surface area contributed by atoms with Crippen molar-refractivity contribution in [3.63, 3.8) is 0 Å². The summed E-state index contributed by atoms with van der Waals surface area (Å²) in [5, 5.41) is 9.01. The molecule has 0 bridgehead atoms. The zero-order chi connectivity index (χ0) is 9.61. The van der Waals surface area contributed by atoms with Crippen molar-refractivity contribution >= 4 is 39.7 Å². The third-order valence-electron chi connectivity index (χ3n) is 1.23. The Morgan fingerprint density at radius 2 is 2.15 bits per heavy atom. The SMILES string of the molecule is C=CCOS(=O)(=O)CC(O)CC.[NaH]. The molecule has 0 heterocycles. The molecule has 0 radical (unpaired) electrons. The van der Waals surface area contributed by atoms with Gasteiger partial charge in [-0.2, -0.15) is 8.42 Å². The van der Waals surface area contributed by atoms with E-state index in [1.165, 1.54) is 6.08 Å². The minimum absolute atomic E-state index is 0. The van der Waals surface area contributed by atoms with E-state index in [1.54, 1.807) is 6.92 Å². The van der Waals surface area contributed by atoms with Gasteiger partial charge in [-0.3, -0.25) is 4.18 Å². The van der Waals surface area contributed by atoms with Gasteiger partial charge in [0.2, 0.25) is 0 Å². The van der Waals surface area contributed by atoms with Gasteiger partial charge in [0, 0.05) is 0 Å². The summed E-state index contributed by atoms with van der Waals surface area (Å²) in [6.07, 6.45) is 0.895. The molecule has 0 aromatic heterocycles. The van der Waals surface area contributed by atoms with Crippen molar-refractivity contribution in [3.05, 3.63) is 12.7 Å². The quantitative estimate of drug-likeness (QED) is 0.376. The van der Waals surface area contributed by atoms with E-state index in [9.17, 15) is 8.42 Å². The van der Waals surface area contributed by atoms with E-state index in [-0.39, 0.29) is 41.9 Å². The Hall–Kier alpha value is 0.610. The molecule has 74 valence electrons. The van der Waals surface area contributed by atoms with Crippen LogP contribution in [0.15, 0.2) is 12.7 Å². The van der Waals surface area contributed by atoms with Crippen LogP contribution in [0.4, 0.5) is 0 Å². The summed E-state index contributed by atoms with van der Waals surface area (Å²) in [6, 6.07) is 0. The van der Waals surface area contributed by atoms with Crippen LogP contribution in [-0.2, 0) is 14.3 Å². The number of rotatable bonds is 6. The van der Waals surface area contributed by atoms with Gasteiger partial charge in [-0.05, 0) is 6.42 Å². The standard InChI is InChI=1S/C7H14O4S.Na.H/c1-3-5-11-12(9,10)6-7(8)4-2;;/h3,7-8H,1,4-6H2,2H3;;. The Balaban J connectivity index is 0. The molecule has 6 heteroatoms. The summed E-state index contributed by atoms with van der Waals surface area (Å²) < 4.78 is 26.3. The van der Waals surface area contributed by atoms with Gasteiger partial charge in [-0.25, -0.2) is 0 Å². The molecule has 1 unspecified atom stereocenters. The van der Waals surface area contributed by atoms with Crippen LogP contribution < -0.4 is 0 Å². The van der Waals surface area contributed by atoms with Gasteiger partial charge in [0.1, 0.15) is 5.75 Å². The van der Waals surface area contributed by atoms with E-state index in [2.05, 4.69) is 10.8 Å². The number of hydrogen-bond donors (Lipinski definition) is 1.